The van der Waals surface area contributed by atoms with Crippen LogP contribution in [0.5, 0.6) is 0 Å². The van der Waals surface area contributed by atoms with E-state index in [1.165, 1.54) is 18.2 Å². The monoisotopic (exact) mass is 341 g/mol. The fourth-order valence-corrected chi connectivity index (χ4v) is 2.21. The van der Waals surface area contributed by atoms with Crippen molar-refractivity contribution in [1.29, 1.82) is 0 Å². The Kier molecular flexibility index (Phi) is 5.57. The zero-order chi connectivity index (χ0) is 17.0. The molecule has 2 amide bonds. The molecule has 8 heteroatoms. The maximum absolute atomic E-state index is 13.5. The normalized spacial score (nSPS) is 12.0. The van der Waals surface area contributed by atoms with Gasteiger partial charge in [0, 0.05) is 6.42 Å². The number of nitrogens with zero attached hydrogens (tertiary/aromatic N) is 1. The van der Waals surface area contributed by atoms with Gasteiger partial charge in [0.25, 0.3) is 0 Å². The molecule has 1 aromatic carbocycles. The summed E-state index contributed by atoms with van der Waals surface area (Å²) < 4.78 is 18.6. The third kappa shape index (κ3) is 4.00. The Hall–Kier alpha value is -2.12. The van der Waals surface area contributed by atoms with Gasteiger partial charge in [0.15, 0.2) is 5.76 Å². The lowest BCUT2D eigenvalue weighted by Gasteiger charge is -2.17. The van der Waals surface area contributed by atoms with E-state index in [-0.39, 0.29) is 5.02 Å². The number of nitrogens with one attached hydrogen (secondary N) is 2. The number of carbonyl (C=O) groups excluding carboxylic acids is 1. The minimum Gasteiger partial charge on any atom is -0.394 e. The first-order valence-corrected chi connectivity index (χ1v) is 7.42. The molecular formula is C15H17ClFN3O3. The summed E-state index contributed by atoms with van der Waals surface area (Å²) in [5.74, 6) is -0.0660. The van der Waals surface area contributed by atoms with Gasteiger partial charge in [-0.3, -0.25) is 0 Å². The van der Waals surface area contributed by atoms with Crippen molar-refractivity contribution in [3.63, 3.8) is 0 Å². The van der Waals surface area contributed by atoms with E-state index in [0.29, 0.717) is 29.1 Å². The van der Waals surface area contributed by atoms with Gasteiger partial charge in [-0.05, 0) is 24.6 Å². The summed E-state index contributed by atoms with van der Waals surface area (Å²) in [4.78, 5) is 12.1. The van der Waals surface area contributed by atoms with Gasteiger partial charge in [-0.2, -0.15) is 0 Å². The van der Waals surface area contributed by atoms with Crippen LogP contribution in [0.15, 0.2) is 22.7 Å². The number of aliphatic hydroxyl groups is 1. The number of hydrogen-bond acceptors (Lipinski definition) is 4. The average molecular weight is 342 g/mol. The molecule has 0 fully saturated rings. The molecule has 0 saturated carbocycles. The van der Waals surface area contributed by atoms with Crippen molar-refractivity contribution in [2.45, 2.75) is 26.3 Å². The van der Waals surface area contributed by atoms with Crippen LogP contribution in [0.25, 0.3) is 0 Å². The second kappa shape index (κ2) is 7.43. The SMILES string of the molecule is CCc1onc(C)c1NC(=O)NC(CO)c1ccc(Cl)c(F)c1. The largest absolute Gasteiger partial charge is 0.394 e. The highest BCUT2D eigenvalue weighted by Gasteiger charge is 2.18. The standard InChI is InChI=1S/C15H17ClFN3O3/c1-3-13-14(8(2)20-23-13)19-15(22)18-12(7-21)9-4-5-10(16)11(17)6-9/h4-6,12,21H,3,7H2,1-2H3,(H2,18,19,22). The first-order valence-electron chi connectivity index (χ1n) is 7.04. The Morgan fingerprint density at radius 1 is 1.52 bits per heavy atom. The fourth-order valence-electron chi connectivity index (χ4n) is 2.09. The number of benzene rings is 1. The Balaban J connectivity index is 2.10. The molecule has 0 bridgehead atoms. The summed E-state index contributed by atoms with van der Waals surface area (Å²) in [5, 5.41) is 18.4. The van der Waals surface area contributed by atoms with Crippen LogP contribution in [0.1, 0.15) is 30.0 Å². The molecule has 1 aromatic heterocycles. The molecule has 6 nitrogen and oxygen atoms in total. The van der Waals surface area contributed by atoms with Crippen molar-refractivity contribution in [3.8, 4) is 0 Å². The van der Waals surface area contributed by atoms with Crippen LogP contribution in [0.3, 0.4) is 0 Å². The molecule has 1 heterocycles. The summed E-state index contributed by atoms with van der Waals surface area (Å²) in [6.07, 6.45) is 0.572. The Morgan fingerprint density at radius 3 is 2.87 bits per heavy atom. The number of aliphatic hydroxyl groups excluding tert-OH is 1. The number of hydrogen-bond donors (Lipinski definition) is 3. The molecule has 0 aliphatic rings. The first kappa shape index (κ1) is 17.2. The van der Waals surface area contributed by atoms with Gasteiger partial charge in [-0.1, -0.05) is 29.7 Å². The van der Waals surface area contributed by atoms with Gasteiger partial charge in [-0.25, -0.2) is 9.18 Å². The Morgan fingerprint density at radius 2 is 2.26 bits per heavy atom. The zero-order valence-electron chi connectivity index (χ0n) is 12.7. The van der Waals surface area contributed by atoms with Gasteiger partial charge in [0.05, 0.1) is 17.7 Å². The smallest absolute Gasteiger partial charge is 0.319 e. The zero-order valence-corrected chi connectivity index (χ0v) is 13.4. The highest BCUT2D eigenvalue weighted by molar-refractivity contribution is 6.30. The number of amides is 2. The van der Waals surface area contributed by atoms with Crippen molar-refractivity contribution in [1.82, 2.24) is 10.5 Å². The predicted octanol–water partition coefficient (Wildman–Crippen LogP) is 3.19. The maximum Gasteiger partial charge on any atom is 0.319 e. The van der Waals surface area contributed by atoms with Crippen molar-refractivity contribution >= 4 is 23.3 Å². The molecule has 124 valence electrons. The van der Waals surface area contributed by atoms with Crippen molar-refractivity contribution in [2.24, 2.45) is 0 Å². The van der Waals surface area contributed by atoms with Crippen molar-refractivity contribution < 1.29 is 18.8 Å². The van der Waals surface area contributed by atoms with Crippen LogP contribution in [0, 0.1) is 12.7 Å². The number of rotatable bonds is 5. The molecule has 23 heavy (non-hydrogen) atoms. The van der Waals surface area contributed by atoms with Crippen LogP contribution in [0.4, 0.5) is 14.9 Å². The van der Waals surface area contributed by atoms with E-state index in [0.717, 1.165) is 0 Å². The van der Waals surface area contributed by atoms with E-state index in [2.05, 4.69) is 15.8 Å². The summed E-state index contributed by atoms with van der Waals surface area (Å²) in [7, 11) is 0. The average Bonchev–Trinajstić information content (AvgIpc) is 2.88. The molecule has 0 spiro atoms. The second-order valence-electron chi connectivity index (χ2n) is 4.93. The number of aryl methyl sites for hydroxylation is 2. The predicted molar refractivity (Wildman–Crippen MR) is 84.0 cm³/mol. The van der Waals surface area contributed by atoms with Crippen LogP contribution >= 0.6 is 11.6 Å². The molecule has 2 aromatic rings. The lowest BCUT2D eigenvalue weighted by atomic mass is 10.1. The van der Waals surface area contributed by atoms with E-state index < -0.39 is 24.5 Å². The van der Waals surface area contributed by atoms with E-state index in [1.54, 1.807) is 6.92 Å². The van der Waals surface area contributed by atoms with Crippen LogP contribution in [0.2, 0.25) is 5.02 Å². The lowest BCUT2D eigenvalue weighted by Crippen LogP contribution is -2.34. The fraction of sp³-hybridized carbons (Fsp3) is 0.333. The minimum atomic E-state index is -0.771. The quantitative estimate of drug-likeness (QED) is 0.779. The highest BCUT2D eigenvalue weighted by Crippen LogP contribution is 2.22. The molecule has 1 atom stereocenters. The molecule has 0 aliphatic heterocycles. The topological polar surface area (TPSA) is 87.4 Å². The third-order valence-corrected chi connectivity index (χ3v) is 3.63. The molecule has 1 unspecified atom stereocenters. The van der Waals surface area contributed by atoms with E-state index in [9.17, 15) is 14.3 Å². The van der Waals surface area contributed by atoms with Crippen LogP contribution in [-0.4, -0.2) is 22.9 Å². The van der Waals surface area contributed by atoms with Crippen molar-refractivity contribution in [2.75, 3.05) is 11.9 Å². The molecular weight excluding hydrogens is 325 g/mol. The van der Waals surface area contributed by atoms with Gasteiger partial charge in [0.1, 0.15) is 17.2 Å². The molecule has 0 radical (unpaired) electrons. The first-order chi connectivity index (χ1) is 11.0. The highest BCUT2D eigenvalue weighted by atomic mass is 35.5. The maximum atomic E-state index is 13.5. The molecule has 3 N–H and O–H groups in total. The number of urea groups is 1. The van der Waals surface area contributed by atoms with Gasteiger partial charge in [0.2, 0.25) is 0 Å². The van der Waals surface area contributed by atoms with Gasteiger partial charge < -0.3 is 20.3 Å². The summed E-state index contributed by atoms with van der Waals surface area (Å²) in [6.45, 7) is 3.18. The Labute approximate surface area is 137 Å². The molecule has 0 saturated heterocycles. The number of aromatic nitrogens is 1. The third-order valence-electron chi connectivity index (χ3n) is 3.33. The van der Waals surface area contributed by atoms with E-state index >= 15 is 0 Å². The number of carbonyl (C=O) groups is 1. The van der Waals surface area contributed by atoms with Gasteiger partial charge in [-0.15, -0.1) is 0 Å². The minimum absolute atomic E-state index is 0.0254. The second-order valence-corrected chi connectivity index (χ2v) is 5.33. The van der Waals surface area contributed by atoms with E-state index in [1.807, 2.05) is 6.92 Å². The summed E-state index contributed by atoms with van der Waals surface area (Å²) in [6, 6.07) is 2.75. The van der Waals surface area contributed by atoms with Crippen LogP contribution < -0.4 is 10.6 Å². The summed E-state index contributed by atoms with van der Waals surface area (Å²) in [5.41, 5.74) is 1.45. The lowest BCUT2D eigenvalue weighted by molar-refractivity contribution is 0.225. The van der Waals surface area contributed by atoms with Gasteiger partial charge >= 0.3 is 6.03 Å². The number of anilines is 1. The number of halogens is 2. The molecule has 2 rings (SSSR count). The van der Waals surface area contributed by atoms with Crippen LogP contribution in [-0.2, 0) is 6.42 Å². The van der Waals surface area contributed by atoms with E-state index in [4.69, 9.17) is 16.1 Å². The van der Waals surface area contributed by atoms with Crippen molar-refractivity contribution in [3.05, 3.63) is 46.1 Å². The Bertz CT molecular complexity index is 705. The molecule has 0 aliphatic carbocycles. The summed E-state index contributed by atoms with van der Waals surface area (Å²) >= 11 is 5.63.